The standard InChI is InChI=1S/C11H20N4O2/c1-12-10(16)6-14-11(13-2)15-8-5-7-3-4-9(8)17-7/h7-9H,3-6H2,1-2H3,(H,12,16)(H2,13,14,15). The topological polar surface area (TPSA) is 74.8 Å². The van der Waals surface area contributed by atoms with Crippen molar-refractivity contribution in [1.82, 2.24) is 16.0 Å². The van der Waals surface area contributed by atoms with E-state index in [9.17, 15) is 4.79 Å². The van der Waals surface area contributed by atoms with Gasteiger partial charge >= 0.3 is 0 Å². The highest BCUT2D eigenvalue weighted by Gasteiger charge is 2.41. The Morgan fingerprint density at radius 2 is 2.29 bits per heavy atom. The lowest BCUT2D eigenvalue weighted by atomic mass is 9.96. The predicted molar refractivity (Wildman–Crippen MR) is 64.9 cm³/mol. The molecule has 6 nitrogen and oxygen atoms in total. The lowest BCUT2D eigenvalue weighted by molar-refractivity contribution is -0.119. The lowest BCUT2D eigenvalue weighted by Crippen LogP contribution is -2.49. The molecular weight excluding hydrogens is 220 g/mol. The first-order chi connectivity index (χ1) is 8.22. The van der Waals surface area contributed by atoms with Gasteiger partial charge in [0.15, 0.2) is 5.96 Å². The first kappa shape index (κ1) is 12.2. The number of ether oxygens (including phenoxy) is 1. The van der Waals surface area contributed by atoms with Gasteiger partial charge in [0.25, 0.3) is 0 Å². The van der Waals surface area contributed by atoms with Gasteiger partial charge in [0, 0.05) is 14.1 Å². The Morgan fingerprint density at radius 1 is 1.47 bits per heavy atom. The largest absolute Gasteiger partial charge is 0.373 e. The molecule has 0 aromatic rings. The Labute approximate surface area is 101 Å². The molecule has 1 amide bonds. The fourth-order valence-corrected chi connectivity index (χ4v) is 2.41. The molecule has 2 heterocycles. The summed E-state index contributed by atoms with van der Waals surface area (Å²) < 4.78 is 5.75. The monoisotopic (exact) mass is 240 g/mol. The molecule has 0 spiro atoms. The molecule has 96 valence electrons. The molecule has 2 aliphatic heterocycles. The number of amides is 1. The lowest BCUT2D eigenvalue weighted by Gasteiger charge is -2.22. The van der Waals surface area contributed by atoms with Crippen LogP contribution in [-0.2, 0) is 9.53 Å². The van der Waals surface area contributed by atoms with Gasteiger partial charge in [-0.15, -0.1) is 0 Å². The molecule has 3 N–H and O–H groups in total. The molecular formula is C11H20N4O2. The minimum Gasteiger partial charge on any atom is -0.373 e. The summed E-state index contributed by atoms with van der Waals surface area (Å²) in [6.07, 6.45) is 4.04. The van der Waals surface area contributed by atoms with Gasteiger partial charge in [0.05, 0.1) is 24.8 Å². The van der Waals surface area contributed by atoms with Crippen molar-refractivity contribution in [3.8, 4) is 0 Å². The van der Waals surface area contributed by atoms with Crippen LogP contribution in [0.1, 0.15) is 19.3 Å². The van der Waals surface area contributed by atoms with E-state index in [0.717, 1.165) is 12.8 Å². The molecule has 3 unspecified atom stereocenters. The third-order valence-corrected chi connectivity index (χ3v) is 3.35. The van der Waals surface area contributed by atoms with Crippen LogP contribution in [0, 0.1) is 0 Å². The highest BCUT2D eigenvalue weighted by atomic mass is 16.5. The van der Waals surface area contributed by atoms with Crippen LogP contribution in [0.4, 0.5) is 0 Å². The van der Waals surface area contributed by atoms with Crippen LogP contribution in [0.15, 0.2) is 4.99 Å². The van der Waals surface area contributed by atoms with Gasteiger partial charge in [-0.25, -0.2) is 0 Å². The number of carbonyl (C=O) groups is 1. The summed E-state index contributed by atoms with van der Waals surface area (Å²) in [5, 5.41) is 8.84. The quantitative estimate of drug-likeness (QED) is 0.447. The molecule has 0 saturated carbocycles. The zero-order valence-corrected chi connectivity index (χ0v) is 10.3. The van der Waals surface area contributed by atoms with Crippen molar-refractivity contribution >= 4 is 11.9 Å². The van der Waals surface area contributed by atoms with Crippen molar-refractivity contribution in [3.05, 3.63) is 0 Å². The summed E-state index contributed by atoms with van der Waals surface area (Å²) in [5.41, 5.74) is 0. The van der Waals surface area contributed by atoms with E-state index in [4.69, 9.17) is 4.74 Å². The minimum absolute atomic E-state index is 0.0582. The van der Waals surface area contributed by atoms with Crippen LogP contribution in [0.2, 0.25) is 0 Å². The number of guanidine groups is 1. The molecule has 0 aliphatic carbocycles. The number of carbonyl (C=O) groups excluding carboxylic acids is 1. The van der Waals surface area contributed by atoms with Gasteiger partial charge in [-0.2, -0.15) is 0 Å². The van der Waals surface area contributed by atoms with E-state index in [1.54, 1.807) is 14.1 Å². The number of likely N-dealkylation sites (N-methyl/N-ethyl adjacent to an activating group) is 1. The van der Waals surface area contributed by atoms with Gasteiger partial charge in [-0.05, 0) is 19.3 Å². The van der Waals surface area contributed by atoms with Crippen LogP contribution in [-0.4, -0.2) is 50.8 Å². The van der Waals surface area contributed by atoms with Crippen LogP contribution in [0.25, 0.3) is 0 Å². The maximum atomic E-state index is 11.1. The number of nitrogens with one attached hydrogen (secondary N) is 3. The number of rotatable bonds is 3. The van der Waals surface area contributed by atoms with Crippen molar-refractivity contribution < 1.29 is 9.53 Å². The molecule has 2 fully saturated rings. The number of hydrogen-bond acceptors (Lipinski definition) is 3. The third-order valence-electron chi connectivity index (χ3n) is 3.35. The Hall–Kier alpha value is -1.30. The van der Waals surface area contributed by atoms with E-state index in [0.29, 0.717) is 24.2 Å². The molecule has 2 bridgehead atoms. The van der Waals surface area contributed by atoms with E-state index >= 15 is 0 Å². The number of hydrogen-bond donors (Lipinski definition) is 3. The summed E-state index contributed by atoms with van der Waals surface area (Å²) in [6, 6.07) is 0.324. The molecule has 0 aromatic carbocycles. The molecule has 0 radical (unpaired) electrons. The first-order valence-electron chi connectivity index (χ1n) is 6.06. The maximum Gasteiger partial charge on any atom is 0.239 e. The Morgan fingerprint density at radius 3 is 2.82 bits per heavy atom. The summed E-state index contributed by atoms with van der Waals surface area (Å²) in [7, 11) is 3.32. The van der Waals surface area contributed by atoms with Gasteiger partial charge < -0.3 is 20.7 Å². The molecule has 2 rings (SSSR count). The van der Waals surface area contributed by atoms with Crippen molar-refractivity contribution in [3.63, 3.8) is 0 Å². The fraction of sp³-hybridized carbons (Fsp3) is 0.818. The second-order valence-electron chi connectivity index (χ2n) is 4.46. The van der Waals surface area contributed by atoms with Crippen molar-refractivity contribution in [2.24, 2.45) is 4.99 Å². The normalized spacial score (nSPS) is 31.4. The van der Waals surface area contributed by atoms with Gasteiger partial charge in [0.2, 0.25) is 5.91 Å². The summed E-state index contributed by atoms with van der Waals surface area (Å²) in [6.45, 7) is 0.234. The van der Waals surface area contributed by atoms with Gasteiger partial charge in [-0.1, -0.05) is 0 Å². The van der Waals surface area contributed by atoms with Crippen molar-refractivity contribution in [2.45, 2.75) is 37.5 Å². The summed E-state index contributed by atoms with van der Waals surface area (Å²) in [5.74, 6) is 0.604. The van der Waals surface area contributed by atoms with Crippen LogP contribution < -0.4 is 16.0 Å². The number of fused-ring (bicyclic) bond motifs is 2. The highest BCUT2D eigenvalue weighted by Crippen LogP contribution is 2.34. The average molecular weight is 240 g/mol. The van der Waals surface area contributed by atoms with Gasteiger partial charge in [-0.3, -0.25) is 9.79 Å². The van der Waals surface area contributed by atoms with Crippen LogP contribution >= 0.6 is 0 Å². The Bertz CT molecular complexity index is 319. The summed E-state index contributed by atoms with van der Waals surface area (Å²) in [4.78, 5) is 15.2. The zero-order valence-electron chi connectivity index (χ0n) is 10.3. The van der Waals surface area contributed by atoms with E-state index in [1.807, 2.05) is 0 Å². The van der Waals surface area contributed by atoms with Crippen LogP contribution in [0.5, 0.6) is 0 Å². The molecule has 17 heavy (non-hydrogen) atoms. The number of aliphatic imine (C=N–C) groups is 1. The minimum atomic E-state index is -0.0582. The molecule has 3 atom stereocenters. The third kappa shape index (κ3) is 2.88. The SMILES string of the molecule is CN=C(NCC(=O)NC)NC1CC2CCC1O2. The van der Waals surface area contributed by atoms with E-state index in [1.165, 1.54) is 6.42 Å². The molecule has 2 aliphatic rings. The van der Waals surface area contributed by atoms with Crippen molar-refractivity contribution in [2.75, 3.05) is 20.6 Å². The second kappa shape index (κ2) is 5.35. The predicted octanol–water partition coefficient (Wildman–Crippen LogP) is -0.783. The van der Waals surface area contributed by atoms with E-state index < -0.39 is 0 Å². The molecule has 2 saturated heterocycles. The fourth-order valence-electron chi connectivity index (χ4n) is 2.41. The smallest absolute Gasteiger partial charge is 0.239 e. The summed E-state index contributed by atoms with van der Waals surface area (Å²) >= 11 is 0. The average Bonchev–Trinajstić information content (AvgIpc) is 2.95. The maximum absolute atomic E-state index is 11.1. The van der Waals surface area contributed by atoms with Gasteiger partial charge in [0.1, 0.15) is 0 Å². The Kier molecular flexibility index (Phi) is 3.83. The second-order valence-corrected chi connectivity index (χ2v) is 4.46. The Balaban J connectivity index is 1.78. The van der Waals surface area contributed by atoms with E-state index in [-0.39, 0.29) is 12.5 Å². The van der Waals surface area contributed by atoms with E-state index in [2.05, 4.69) is 20.9 Å². The number of nitrogens with zero attached hydrogens (tertiary/aromatic N) is 1. The zero-order chi connectivity index (χ0) is 12.3. The molecule has 6 heteroatoms. The molecule has 0 aromatic heterocycles. The van der Waals surface area contributed by atoms with Crippen LogP contribution in [0.3, 0.4) is 0 Å². The van der Waals surface area contributed by atoms with Crippen molar-refractivity contribution in [1.29, 1.82) is 0 Å². The highest BCUT2D eigenvalue weighted by molar-refractivity contribution is 5.86. The first-order valence-corrected chi connectivity index (χ1v) is 6.06.